The summed E-state index contributed by atoms with van der Waals surface area (Å²) >= 11 is 16.7. The highest BCUT2D eigenvalue weighted by Gasteiger charge is 2.11. The van der Waals surface area contributed by atoms with Crippen LogP contribution in [-0.4, -0.2) is 18.6 Å². The fraction of sp³-hybridized carbons (Fsp3) is 0.133. The monoisotopic (exact) mass is 404 g/mol. The maximum atomic E-state index is 12.2. The van der Waals surface area contributed by atoms with Gasteiger partial charge >= 0.3 is 0 Å². The Hall–Kier alpha value is -0.680. The molecule has 0 radical (unpaired) electrons. The molecular formula is C15H11BrCl2O2S. The molecule has 0 heterocycles. The van der Waals surface area contributed by atoms with Crippen LogP contribution in [0.25, 0.3) is 0 Å². The van der Waals surface area contributed by atoms with E-state index >= 15 is 0 Å². The molecule has 0 atom stereocenters. The number of ketones is 1. The molecule has 21 heavy (non-hydrogen) atoms. The molecule has 0 amide bonds. The molecule has 0 fully saturated rings. The van der Waals surface area contributed by atoms with E-state index in [0.29, 0.717) is 27.1 Å². The minimum Gasteiger partial charge on any atom is -0.496 e. The molecule has 0 aliphatic heterocycles. The molecule has 2 aromatic rings. The highest BCUT2D eigenvalue weighted by atomic mass is 79.9. The minimum absolute atomic E-state index is 0.0133. The summed E-state index contributed by atoms with van der Waals surface area (Å²) in [6.45, 7) is 0. The third-order valence-corrected chi connectivity index (χ3v) is 5.08. The lowest BCUT2D eigenvalue weighted by Gasteiger charge is -2.07. The predicted octanol–water partition coefficient (Wildman–Crippen LogP) is 5.74. The molecular weight excluding hydrogens is 395 g/mol. The van der Waals surface area contributed by atoms with Gasteiger partial charge in [-0.25, -0.2) is 0 Å². The lowest BCUT2D eigenvalue weighted by Crippen LogP contribution is -2.02. The molecule has 0 unspecified atom stereocenters. The third kappa shape index (κ3) is 4.39. The zero-order valence-corrected chi connectivity index (χ0v) is 14.9. The van der Waals surface area contributed by atoms with E-state index in [1.54, 1.807) is 43.5 Å². The van der Waals surface area contributed by atoms with Gasteiger partial charge in [0.2, 0.25) is 0 Å². The maximum absolute atomic E-state index is 12.2. The molecule has 0 bridgehead atoms. The second-order valence-corrected chi connectivity index (χ2v) is 6.85. The first-order valence-electron chi connectivity index (χ1n) is 5.96. The second kappa shape index (κ2) is 7.54. The normalized spacial score (nSPS) is 10.5. The molecule has 2 nitrogen and oxygen atoms in total. The van der Waals surface area contributed by atoms with E-state index in [1.807, 2.05) is 0 Å². The van der Waals surface area contributed by atoms with Gasteiger partial charge in [-0.15, -0.1) is 11.8 Å². The van der Waals surface area contributed by atoms with Crippen molar-refractivity contribution in [1.29, 1.82) is 0 Å². The van der Waals surface area contributed by atoms with Crippen molar-refractivity contribution in [3.8, 4) is 5.75 Å². The number of hydrogen-bond acceptors (Lipinski definition) is 3. The molecule has 0 spiro atoms. The van der Waals surface area contributed by atoms with Crippen molar-refractivity contribution in [3.05, 3.63) is 56.5 Å². The van der Waals surface area contributed by atoms with Gasteiger partial charge in [-0.05, 0) is 52.3 Å². The standard InChI is InChI=1S/C15H11BrCl2O2S/c1-20-14-5-2-9(6-11(14)16)13(19)8-21-15-7-10(17)3-4-12(15)18/h2-7H,8H2,1H3. The lowest BCUT2D eigenvalue weighted by molar-refractivity contribution is 0.102. The lowest BCUT2D eigenvalue weighted by atomic mass is 10.1. The first-order chi connectivity index (χ1) is 10.0. The number of benzene rings is 2. The van der Waals surface area contributed by atoms with E-state index in [0.717, 1.165) is 9.37 Å². The topological polar surface area (TPSA) is 26.3 Å². The molecule has 0 saturated carbocycles. The van der Waals surface area contributed by atoms with Crippen LogP contribution in [0.5, 0.6) is 5.75 Å². The van der Waals surface area contributed by atoms with Crippen LogP contribution in [0, 0.1) is 0 Å². The van der Waals surface area contributed by atoms with Crippen molar-refractivity contribution >= 4 is 56.7 Å². The van der Waals surface area contributed by atoms with Gasteiger partial charge in [-0.2, -0.15) is 0 Å². The van der Waals surface area contributed by atoms with E-state index in [-0.39, 0.29) is 5.78 Å². The van der Waals surface area contributed by atoms with Crippen LogP contribution >= 0.6 is 50.9 Å². The van der Waals surface area contributed by atoms with E-state index in [1.165, 1.54) is 11.8 Å². The van der Waals surface area contributed by atoms with E-state index < -0.39 is 0 Å². The van der Waals surface area contributed by atoms with Crippen LogP contribution in [-0.2, 0) is 0 Å². The fourth-order valence-electron chi connectivity index (χ4n) is 1.65. The van der Waals surface area contributed by atoms with Gasteiger partial charge in [0, 0.05) is 15.5 Å². The Bertz CT molecular complexity index is 677. The minimum atomic E-state index is 0.0133. The average Bonchev–Trinajstić information content (AvgIpc) is 2.47. The van der Waals surface area contributed by atoms with Gasteiger partial charge in [0.25, 0.3) is 0 Å². The largest absolute Gasteiger partial charge is 0.496 e. The molecule has 0 aliphatic carbocycles. The summed E-state index contributed by atoms with van der Waals surface area (Å²) in [5, 5.41) is 1.19. The van der Waals surface area contributed by atoms with E-state index in [2.05, 4.69) is 15.9 Å². The molecule has 2 aromatic carbocycles. The molecule has 0 aromatic heterocycles. The van der Waals surface area contributed by atoms with Gasteiger partial charge < -0.3 is 4.74 Å². The Balaban J connectivity index is 2.08. The number of thioether (sulfide) groups is 1. The number of Topliss-reactive ketones (excluding diaryl/α,β-unsaturated/α-hetero) is 1. The number of ether oxygens (including phenoxy) is 1. The number of hydrogen-bond donors (Lipinski definition) is 0. The second-order valence-electron chi connectivity index (χ2n) is 4.14. The van der Waals surface area contributed by atoms with Crippen molar-refractivity contribution in [2.75, 3.05) is 12.9 Å². The van der Waals surface area contributed by atoms with E-state index in [4.69, 9.17) is 27.9 Å². The molecule has 6 heteroatoms. The van der Waals surface area contributed by atoms with E-state index in [9.17, 15) is 4.79 Å². The smallest absolute Gasteiger partial charge is 0.173 e. The maximum Gasteiger partial charge on any atom is 0.173 e. The number of methoxy groups -OCH3 is 1. The molecule has 0 N–H and O–H groups in total. The Labute approximate surface area is 145 Å². The highest BCUT2D eigenvalue weighted by molar-refractivity contribution is 9.10. The number of rotatable bonds is 5. The van der Waals surface area contributed by atoms with Gasteiger partial charge in [0.1, 0.15) is 5.75 Å². The SMILES string of the molecule is COc1ccc(C(=O)CSc2cc(Cl)ccc2Cl)cc1Br. The summed E-state index contributed by atoms with van der Waals surface area (Å²) in [4.78, 5) is 13.0. The van der Waals surface area contributed by atoms with Gasteiger partial charge in [0.15, 0.2) is 5.78 Å². The number of carbonyl (C=O) groups is 1. The summed E-state index contributed by atoms with van der Waals surface area (Å²) < 4.78 is 5.89. The zero-order chi connectivity index (χ0) is 15.4. The van der Waals surface area contributed by atoms with Crippen LogP contribution in [0.4, 0.5) is 0 Å². The summed E-state index contributed by atoms with van der Waals surface area (Å²) in [7, 11) is 1.58. The molecule has 0 saturated heterocycles. The van der Waals surface area contributed by atoms with Crippen LogP contribution in [0.3, 0.4) is 0 Å². The summed E-state index contributed by atoms with van der Waals surface area (Å²) in [6, 6.07) is 10.4. The van der Waals surface area contributed by atoms with Crippen LogP contribution in [0.2, 0.25) is 10.0 Å². The van der Waals surface area contributed by atoms with Crippen molar-refractivity contribution < 1.29 is 9.53 Å². The molecule has 110 valence electrons. The summed E-state index contributed by atoms with van der Waals surface area (Å²) in [5.74, 6) is 0.996. The number of carbonyl (C=O) groups excluding carboxylic acids is 1. The first kappa shape index (κ1) is 16.7. The third-order valence-electron chi connectivity index (χ3n) is 2.73. The quantitative estimate of drug-likeness (QED) is 0.468. The fourth-order valence-corrected chi connectivity index (χ4v) is 3.58. The van der Waals surface area contributed by atoms with Crippen molar-refractivity contribution in [1.82, 2.24) is 0 Å². The van der Waals surface area contributed by atoms with Gasteiger partial charge in [-0.1, -0.05) is 23.2 Å². The Kier molecular flexibility index (Phi) is 5.99. The Morgan fingerprint density at radius 2 is 2.00 bits per heavy atom. The summed E-state index contributed by atoms with van der Waals surface area (Å²) in [6.07, 6.45) is 0. The van der Waals surface area contributed by atoms with Gasteiger partial charge in [-0.3, -0.25) is 4.79 Å². The zero-order valence-electron chi connectivity index (χ0n) is 11.0. The highest BCUT2D eigenvalue weighted by Crippen LogP contribution is 2.31. The number of halogens is 3. The first-order valence-corrected chi connectivity index (χ1v) is 8.49. The molecule has 0 aliphatic rings. The van der Waals surface area contributed by atoms with Crippen molar-refractivity contribution in [3.63, 3.8) is 0 Å². The Morgan fingerprint density at radius 3 is 2.67 bits per heavy atom. The van der Waals surface area contributed by atoms with Gasteiger partial charge in [0.05, 0.1) is 22.4 Å². The Morgan fingerprint density at radius 1 is 1.24 bits per heavy atom. The van der Waals surface area contributed by atoms with Crippen molar-refractivity contribution in [2.45, 2.75) is 4.90 Å². The summed E-state index contributed by atoms with van der Waals surface area (Å²) in [5.41, 5.74) is 0.619. The van der Waals surface area contributed by atoms with Crippen molar-refractivity contribution in [2.24, 2.45) is 0 Å². The predicted molar refractivity (Wildman–Crippen MR) is 92.2 cm³/mol. The van der Waals surface area contributed by atoms with Crippen LogP contribution in [0.15, 0.2) is 45.8 Å². The van der Waals surface area contributed by atoms with Crippen LogP contribution in [0.1, 0.15) is 10.4 Å². The molecule has 2 rings (SSSR count). The average molecular weight is 406 g/mol. The van der Waals surface area contributed by atoms with Crippen LogP contribution < -0.4 is 4.74 Å².